The van der Waals surface area contributed by atoms with Crippen molar-refractivity contribution in [2.75, 3.05) is 10.6 Å². The molecule has 0 atom stereocenters. The van der Waals surface area contributed by atoms with E-state index >= 15 is 0 Å². The minimum Gasteiger partial charge on any atom is -0.449 e. The summed E-state index contributed by atoms with van der Waals surface area (Å²) in [5.41, 5.74) is 2.52. The molecule has 2 aromatic heterocycles. The standard InChI is InChI=1S/C25H17ClN2O3S/c1-14-10-12-15(13-11-14)27-24(29)22-21(16-6-2-4-8-18(16)31-22)28-25(30)23-20(26)17-7-3-5-9-19(17)32-23/h2-13H,1H3,(H,27,29)(H,28,30). The SMILES string of the molecule is Cc1ccc(NC(=O)c2oc3ccccc3c2NC(=O)c2sc3ccccc3c2Cl)cc1. The highest BCUT2D eigenvalue weighted by atomic mass is 35.5. The van der Waals surface area contributed by atoms with E-state index in [0.717, 1.165) is 15.6 Å². The Morgan fingerprint density at radius 2 is 1.53 bits per heavy atom. The molecule has 0 spiro atoms. The van der Waals surface area contributed by atoms with Crippen LogP contribution < -0.4 is 10.6 Å². The number of benzene rings is 3. The lowest BCUT2D eigenvalue weighted by molar-refractivity contribution is 0.0999. The Morgan fingerprint density at radius 3 is 2.28 bits per heavy atom. The Morgan fingerprint density at radius 1 is 0.844 bits per heavy atom. The first-order valence-electron chi connectivity index (χ1n) is 9.89. The van der Waals surface area contributed by atoms with E-state index in [1.165, 1.54) is 11.3 Å². The maximum Gasteiger partial charge on any atom is 0.293 e. The topological polar surface area (TPSA) is 71.3 Å². The third-order valence-corrected chi connectivity index (χ3v) is 6.76. The predicted molar refractivity (Wildman–Crippen MR) is 130 cm³/mol. The number of thiophene rings is 1. The van der Waals surface area contributed by atoms with Crippen LogP contribution in [0.5, 0.6) is 0 Å². The molecule has 3 aromatic carbocycles. The summed E-state index contributed by atoms with van der Waals surface area (Å²) in [6.07, 6.45) is 0. The molecule has 0 aliphatic carbocycles. The number of hydrogen-bond acceptors (Lipinski definition) is 4. The number of fused-ring (bicyclic) bond motifs is 2. The molecule has 0 saturated carbocycles. The second kappa shape index (κ2) is 8.15. The second-order valence-corrected chi connectivity index (χ2v) is 8.75. The number of amides is 2. The fourth-order valence-corrected chi connectivity index (χ4v) is 4.90. The summed E-state index contributed by atoms with van der Waals surface area (Å²) >= 11 is 7.78. The molecule has 5 nitrogen and oxygen atoms in total. The van der Waals surface area contributed by atoms with E-state index in [0.29, 0.717) is 32.2 Å². The van der Waals surface area contributed by atoms with Crippen molar-refractivity contribution in [3.8, 4) is 0 Å². The van der Waals surface area contributed by atoms with E-state index in [2.05, 4.69) is 10.6 Å². The molecular formula is C25H17ClN2O3S. The molecule has 0 bridgehead atoms. The Labute approximate surface area is 192 Å². The number of aryl methyl sites for hydroxylation is 1. The van der Waals surface area contributed by atoms with Gasteiger partial charge in [-0.3, -0.25) is 9.59 Å². The smallest absolute Gasteiger partial charge is 0.293 e. The Kier molecular flexibility index (Phi) is 5.17. The maximum absolute atomic E-state index is 13.2. The minimum atomic E-state index is -0.456. The zero-order chi connectivity index (χ0) is 22.2. The third kappa shape index (κ3) is 3.64. The number of para-hydroxylation sites is 1. The van der Waals surface area contributed by atoms with Crippen LogP contribution in [-0.4, -0.2) is 11.8 Å². The average Bonchev–Trinajstić information content (AvgIpc) is 3.34. The minimum absolute atomic E-state index is 0.0253. The quantitative estimate of drug-likeness (QED) is 0.300. The van der Waals surface area contributed by atoms with Gasteiger partial charge in [-0.05, 0) is 37.3 Å². The summed E-state index contributed by atoms with van der Waals surface area (Å²) in [6.45, 7) is 1.97. The number of carbonyl (C=O) groups is 2. The van der Waals surface area contributed by atoms with Gasteiger partial charge >= 0.3 is 0 Å². The van der Waals surface area contributed by atoms with Gasteiger partial charge in [-0.15, -0.1) is 11.3 Å². The predicted octanol–water partition coefficient (Wildman–Crippen LogP) is 7.11. The van der Waals surface area contributed by atoms with Crippen molar-refractivity contribution in [1.82, 2.24) is 0 Å². The van der Waals surface area contributed by atoms with Crippen LogP contribution in [0.15, 0.2) is 77.2 Å². The molecule has 0 aliphatic heterocycles. The molecule has 2 heterocycles. The highest BCUT2D eigenvalue weighted by molar-refractivity contribution is 7.21. The van der Waals surface area contributed by atoms with E-state index < -0.39 is 11.8 Å². The summed E-state index contributed by atoms with van der Waals surface area (Å²) in [4.78, 5) is 26.6. The number of halogens is 1. The van der Waals surface area contributed by atoms with Crippen molar-refractivity contribution in [2.24, 2.45) is 0 Å². The zero-order valence-corrected chi connectivity index (χ0v) is 18.5. The van der Waals surface area contributed by atoms with Crippen LogP contribution in [-0.2, 0) is 0 Å². The monoisotopic (exact) mass is 460 g/mol. The first-order valence-corrected chi connectivity index (χ1v) is 11.1. The van der Waals surface area contributed by atoms with Crippen LogP contribution in [0.2, 0.25) is 5.02 Å². The van der Waals surface area contributed by atoms with E-state index in [1.807, 2.05) is 67.6 Å². The van der Waals surface area contributed by atoms with Crippen LogP contribution in [0.25, 0.3) is 21.1 Å². The molecule has 0 aliphatic rings. The van der Waals surface area contributed by atoms with Crippen molar-refractivity contribution in [2.45, 2.75) is 6.92 Å². The summed E-state index contributed by atoms with van der Waals surface area (Å²) in [5.74, 6) is -0.827. The molecule has 32 heavy (non-hydrogen) atoms. The van der Waals surface area contributed by atoms with E-state index in [9.17, 15) is 9.59 Å². The lowest BCUT2D eigenvalue weighted by atomic mass is 10.2. The first-order chi connectivity index (χ1) is 15.5. The second-order valence-electron chi connectivity index (χ2n) is 7.32. The summed E-state index contributed by atoms with van der Waals surface area (Å²) in [7, 11) is 0. The molecule has 0 saturated heterocycles. The van der Waals surface area contributed by atoms with Gasteiger partial charge in [0.05, 0.1) is 5.02 Å². The van der Waals surface area contributed by atoms with Crippen molar-refractivity contribution in [3.63, 3.8) is 0 Å². The fraction of sp³-hybridized carbons (Fsp3) is 0.0400. The van der Waals surface area contributed by atoms with Gasteiger partial charge in [0, 0.05) is 21.2 Å². The van der Waals surface area contributed by atoms with Crippen LogP contribution in [0.4, 0.5) is 11.4 Å². The molecule has 7 heteroatoms. The van der Waals surface area contributed by atoms with Crippen LogP contribution in [0.3, 0.4) is 0 Å². The number of anilines is 2. The van der Waals surface area contributed by atoms with Crippen LogP contribution in [0.1, 0.15) is 25.8 Å². The van der Waals surface area contributed by atoms with Crippen molar-refractivity contribution >= 4 is 67.2 Å². The maximum atomic E-state index is 13.2. The molecular weight excluding hydrogens is 444 g/mol. The lowest BCUT2D eigenvalue weighted by Gasteiger charge is -2.07. The first kappa shape index (κ1) is 20.3. The van der Waals surface area contributed by atoms with Crippen LogP contribution >= 0.6 is 22.9 Å². The molecule has 2 amide bonds. The Balaban J connectivity index is 1.52. The summed E-state index contributed by atoms with van der Waals surface area (Å²) in [5, 5.41) is 7.53. The van der Waals surface area contributed by atoms with Gasteiger partial charge in [0.1, 0.15) is 16.1 Å². The van der Waals surface area contributed by atoms with Crippen molar-refractivity contribution < 1.29 is 14.0 Å². The van der Waals surface area contributed by atoms with E-state index in [-0.39, 0.29) is 5.76 Å². The van der Waals surface area contributed by atoms with Gasteiger partial charge in [0.2, 0.25) is 5.76 Å². The third-order valence-electron chi connectivity index (χ3n) is 5.09. The van der Waals surface area contributed by atoms with Crippen molar-refractivity contribution in [3.05, 3.63) is 94.0 Å². The Hall–Kier alpha value is -3.61. The highest BCUT2D eigenvalue weighted by Crippen LogP contribution is 2.37. The number of hydrogen-bond donors (Lipinski definition) is 2. The van der Waals surface area contributed by atoms with Gasteiger partial charge < -0.3 is 15.1 Å². The van der Waals surface area contributed by atoms with Gasteiger partial charge in [-0.2, -0.15) is 0 Å². The molecule has 2 N–H and O–H groups in total. The largest absolute Gasteiger partial charge is 0.449 e. The Bertz CT molecular complexity index is 1480. The molecule has 5 aromatic rings. The number of rotatable bonds is 4. The van der Waals surface area contributed by atoms with Crippen LogP contribution in [0, 0.1) is 6.92 Å². The number of carbonyl (C=O) groups excluding carboxylic acids is 2. The molecule has 5 rings (SSSR count). The number of furan rings is 1. The molecule has 0 radical (unpaired) electrons. The van der Waals surface area contributed by atoms with Gasteiger partial charge in [0.25, 0.3) is 11.8 Å². The fourth-order valence-electron chi connectivity index (χ4n) is 3.48. The van der Waals surface area contributed by atoms with E-state index in [1.54, 1.807) is 12.1 Å². The zero-order valence-electron chi connectivity index (χ0n) is 16.9. The van der Waals surface area contributed by atoms with Gasteiger partial charge in [-0.25, -0.2) is 0 Å². The lowest BCUT2D eigenvalue weighted by Crippen LogP contribution is -2.16. The highest BCUT2D eigenvalue weighted by Gasteiger charge is 2.25. The summed E-state index contributed by atoms with van der Waals surface area (Å²) in [6, 6.07) is 22.2. The van der Waals surface area contributed by atoms with E-state index in [4.69, 9.17) is 16.0 Å². The van der Waals surface area contributed by atoms with Gasteiger partial charge in [-0.1, -0.05) is 59.6 Å². The van der Waals surface area contributed by atoms with Gasteiger partial charge in [0.15, 0.2) is 0 Å². The molecule has 158 valence electrons. The van der Waals surface area contributed by atoms with Crippen molar-refractivity contribution in [1.29, 1.82) is 0 Å². The average molecular weight is 461 g/mol. The normalized spacial score (nSPS) is 11.1. The summed E-state index contributed by atoms with van der Waals surface area (Å²) < 4.78 is 6.74. The number of nitrogens with one attached hydrogen (secondary N) is 2. The molecule has 0 fully saturated rings. The molecule has 0 unspecified atom stereocenters.